The summed E-state index contributed by atoms with van der Waals surface area (Å²) < 4.78 is 5.96. The molecule has 0 aromatic rings. The maximum atomic E-state index is 5.96. The Balaban J connectivity index is 3.33. The molecule has 0 unspecified atom stereocenters. The van der Waals surface area contributed by atoms with E-state index in [2.05, 4.69) is 20.8 Å². The summed E-state index contributed by atoms with van der Waals surface area (Å²) in [5.74, 6) is 0. The third-order valence-electron chi connectivity index (χ3n) is 2.32. The van der Waals surface area contributed by atoms with Crippen LogP contribution in [0.5, 0.6) is 0 Å². The van der Waals surface area contributed by atoms with E-state index in [1.807, 2.05) is 0 Å². The molecule has 0 fully saturated rings. The fourth-order valence-corrected chi connectivity index (χ4v) is 3.97. The molecule has 0 saturated carbocycles. The van der Waals surface area contributed by atoms with E-state index in [0.717, 1.165) is 6.61 Å². The molecule has 0 aliphatic rings. The Morgan fingerprint density at radius 1 is 0.846 bits per heavy atom. The Morgan fingerprint density at radius 2 is 1.46 bits per heavy atom. The van der Waals surface area contributed by atoms with Crippen LogP contribution in [0.3, 0.4) is 0 Å². The van der Waals surface area contributed by atoms with Gasteiger partial charge in [-0.15, -0.1) is 0 Å². The summed E-state index contributed by atoms with van der Waals surface area (Å²) in [6.45, 7) is 7.81. The normalized spacial score (nSPS) is 10.4. The lowest BCUT2D eigenvalue weighted by atomic mass is 10.3. The van der Waals surface area contributed by atoms with Crippen molar-refractivity contribution >= 4 is 14.5 Å². The van der Waals surface area contributed by atoms with Crippen LogP contribution in [0.2, 0.25) is 10.6 Å². The van der Waals surface area contributed by atoms with Crippen molar-refractivity contribution in [2.24, 2.45) is 0 Å². The summed E-state index contributed by atoms with van der Waals surface area (Å²) in [5, 5.41) is 2.75. The molecular formula is C11H25AlO. The molecule has 0 bridgehead atoms. The van der Waals surface area contributed by atoms with Crippen LogP contribution in [0, 0.1) is 0 Å². The van der Waals surface area contributed by atoms with Crippen molar-refractivity contribution in [1.29, 1.82) is 0 Å². The zero-order valence-electron chi connectivity index (χ0n) is 9.64. The van der Waals surface area contributed by atoms with Crippen LogP contribution in [-0.4, -0.2) is 21.1 Å². The topological polar surface area (TPSA) is 9.23 Å². The quantitative estimate of drug-likeness (QED) is 0.403. The van der Waals surface area contributed by atoms with Crippen molar-refractivity contribution in [3.63, 3.8) is 0 Å². The SMILES string of the molecule is CCCCC[O][Al]([CH2]CC)[CH2]CC. The molecule has 0 atom stereocenters. The fourth-order valence-electron chi connectivity index (χ4n) is 1.56. The molecule has 0 radical (unpaired) electrons. The molecule has 13 heavy (non-hydrogen) atoms. The van der Waals surface area contributed by atoms with E-state index in [9.17, 15) is 0 Å². The number of hydrogen-bond donors (Lipinski definition) is 0. The van der Waals surface area contributed by atoms with E-state index in [4.69, 9.17) is 3.79 Å². The lowest BCUT2D eigenvalue weighted by molar-refractivity contribution is 0.305. The fraction of sp³-hybridized carbons (Fsp3) is 1.00. The smallest absolute Gasteiger partial charge is 0.460 e. The van der Waals surface area contributed by atoms with E-state index in [-0.39, 0.29) is 0 Å². The van der Waals surface area contributed by atoms with Crippen LogP contribution < -0.4 is 0 Å². The number of hydrogen-bond acceptors (Lipinski definition) is 1. The molecular weight excluding hydrogens is 175 g/mol. The molecule has 0 heterocycles. The van der Waals surface area contributed by atoms with E-state index in [1.54, 1.807) is 0 Å². The van der Waals surface area contributed by atoms with Gasteiger partial charge >= 0.3 is 14.5 Å². The van der Waals surface area contributed by atoms with Crippen molar-refractivity contribution in [2.45, 2.75) is 63.4 Å². The number of rotatable bonds is 9. The zero-order chi connectivity index (χ0) is 9.94. The first-order valence-corrected chi connectivity index (χ1v) is 8.07. The summed E-state index contributed by atoms with van der Waals surface area (Å²) in [7, 11) is 0. The van der Waals surface area contributed by atoms with Gasteiger partial charge in [-0.1, -0.05) is 57.0 Å². The molecule has 0 aromatic heterocycles. The summed E-state index contributed by atoms with van der Waals surface area (Å²) >= 11 is -0.776. The van der Waals surface area contributed by atoms with Gasteiger partial charge in [-0.3, -0.25) is 0 Å². The van der Waals surface area contributed by atoms with E-state index in [1.165, 1.54) is 42.7 Å². The average Bonchev–Trinajstić information content (AvgIpc) is 2.13. The van der Waals surface area contributed by atoms with Crippen LogP contribution in [-0.2, 0) is 3.79 Å². The molecule has 0 rings (SSSR count). The highest BCUT2D eigenvalue weighted by Gasteiger charge is 2.17. The maximum absolute atomic E-state index is 5.96. The summed E-state index contributed by atoms with van der Waals surface area (Å²) in [5.41, 5.74) is 0. The summed E-state index contributed by atoms with van der Waals surface area (Å²) in [4.78, 5) is 0. The third-order valence-corrected chi connectivity index (χ3v) is 5.47. The molecule has 0 aromatic carbocycles. The van der Waals surface area contributed by atoms with Gasteiger partial charge in [-0.05, 0) is 6.42 Å². The molecule has 0 aliphatic heterocycles. The Labute approximate surface area is 88.6 Å². The standard InChI is InChI=1S/C5H11O.2C3H7.Al/c1-2-3-4-5-6;2*1-3-2;/h2-5H2,1H3;2*1,3H2,2H3;/q-1;;;+1. The molecule has 78 valence electrons. The molecule has 1 nitrogen and oxygen atoms in total. The first-order valence-electron chi connectivity index (χ1n) is 5.96. The van der Waals surface area contributed by atoms with E-state index >= 15 is 0 Å². The predicted molar refractivity (Wildman–Crippen MR) is 61.4 cm³/mol. The average molecular weight is 200 g/mol. The van der Waals surface area contributed by atoms with Crippen LogP contribution in [0.1, 0.15) is 52.9 Å². The van der Waals surface area contributed by atoms with Crippen LogP contribution in [0.15, 0.2) is 0 Å². The molecule has 2 heteroatoms. The summed E-state index contributed by atoms with van der Waals surface area (Å²) in [6, 6.07) is 0. The van der Waals surface area contributed by atoms with Gasteiger partial charge in [0.25, 0.3) is 0 Å². The Kier molecular flexibility index (Phi) is 11.0. The first-order chi connectivity index (χ1) is 6.35. The molecule has 0 N–H and O–H groups in total. The van der Waals surface area contributed by atoms with Gasteiger partial charge in [0.05, 0.1) is 0 Å². The third kappa shape index (κ3) is 8.81. The van der Waals surface area contributed by atoms with Crippen molar-refractivity contribution in [1.82, 2.24) is 0 Å². The van der Waals surface area contributed by atoms with Gasteiger partial charge in [0.2, 0.25) is 0 Å². The highest BCUT2D eigenvalue weighted by atomic mass is 27.2. The number of unbranched alkanes of at least 4 members (excludes halogenated alkanes) is 2. The predicted octanol–water partition coefficient (Wildman–Crippen LogP) is 4.00. The highest BCUT2D eigenvalue weighted by Crippen LogP contribution is 2.08. The molecule has 0 aliphatic carbocycles. The second kappa shape index (κ2) is 10.6. The molecule has 0 spiro atoms. The van der Waals surface area contributed by atoms with Gasteiger partial charge in [-0.25, -0.2) is 0 Å². The maximum Gasteiger partial charge on any atom is 0.460 e. The van der Waals surface area contributed by atoms with Gasteiger partial charge in [0.15, 0.2) is 0 Å². The zero-order valence-corrected chi connectivity index (χ0v) is 10.8. The molecule has 0 saturated heterocycles. The second-order valence-corrected chi connectivity index (χ2v) is 6.51. The Hall–Kier alpha value is 0.492. The van der Waals surface area contributed by atoms with E-state index in [0.29, 0.717) is 0 Å². The first kappa shape index (κ1) is 13.5. The minimum absolute atomic E-state index is 0.776. The van der Waals surface area contributed by atoms with Crippen LogP contribution in [0.25, 0.3) is 0 Å². The Bertz CT molecular complexity index is 90.1. The highest BCUT2D eigenvalue weighted by molar-refractivity contribution is 6.51. The lowest BCUT2D eigenvalue weighted by Crippen LogP contribution is -2.17. The Morgan fingerprint density at radius 3 is 1.92 bits per heavy atom. The van der Waals surface area contributed by atoms with Crippen LogP contribution in [0.4, 0.5) is 0 Å². The van der Waals surface area contributed by atoms with Gasteiger partial charge < -0.3 is 3.79 Å². The van der Waals surface area contributed by atoms with Crippen molar-refractivity contribution in [3.8, 4) is 0 Å². The van der Waals surface area contributed by atoms with Gasteiger partial charge in [0.1, 0.15) is 0 Å². The second-order valence-electron chi connectivity index (χ2n) is 3.78. The molecule has 0 amide bonds. The summed E-state index contributed by atoms with van der Waals surface area (Å²) in [6.07, 6.45) is 6.53. The largest absolute Gasteiger partial charge is 0.501 e. The van der Waals surface area contributed by atoms with Gasteiger partial charge in [0, 0.05) is 6.61 Å². The van der Waals surface area contributed by atoms with Crippen molar-refractivity contribution < 1.29 is 3.79 Å². The van der Waals surface area contributed by atoms with E-state index < -0.39 is 14.5 Å². The minimum Gasteiger partial charge on any atom is -0.501 e. The van der Waals surface area contributed by atoms with Crippen molar-refractivity contribution in [3.05, 3.63) is 0 Å². The lowest BCUT2D eigenvalue weighted by Gasteiger charge is -2.10. The minimum atomic E-state index is -0.776. The van der Waals surface area contributed by atoms with Crippen LogP contribution >= 0.6 is 0 Å². The van der Waals surface area contributed by atoms with Gasteiger partial charge in [-0.2, -0.15) is 0 Å². The van der Waals surface area contributed by atoms with Crippen molar-refractivity contribution in [2.75, 3.05) is 6.61 Å². The monoisotopic (exact) mass is 200 g/mol.